The minimum absolute atomic E-state index is 0.112. The second-order valence-electron chi connectivity index (χ2n) is 3.80. The van der Waals surface area contributed by atoms with Crippen LogP contribution >= 0.6 is 0 Å². The van der Waals surface area contributed by atoms with Gasteiger partial charge in [-0.25, -0.2) is 13.2 Å². The molecule has 2 unspecified atom stereocenters. The first-order valence-electron chi connectivity index (χ1n) is 5.19. The maximum Gasteiger partial charge on any atom is 0.161 e. The highest BCUT2D eigenvalue weighted by Crippen LogP contribution is 2.24. The quantitative estimate of drug-likeness (QED) is 0.806. The molecule has 0 amide bonds. The van der Waals surface area contributed by atoms with E-state index >= 15 is 0 Å². The van der Waals surface area contributed by atoms with Crippen molar-refractivity contribution in [2.75, 3.05) is 19.8 Å². The van der Waals surface area contributed by atoms with E-state index in [1.54, 1.807) is 0 Å². The fourth-order valence-electron chi connectivity index (χ4n) is 1.71. The van der Waals surface area contributed by atoms with Gasteiger partial charge in [0.2, 0.25) is 0 Å². The normalized spacial score (nSPS) is 22.5. The van der Waals surface area contributed by atoms with Gasteiger partial charge in [0.05, 0.1) is 25.9 Å². The molecule has 1 aliphatic heterocycles. The number of ether oxygens (including phenoxy) is 2. The van der Waals surface area contributed by atoms with Gasteiger partial charge < -0.3 is 15.2 Å². The Morgan fingerprint density at radius 2 is 1.82 bits per heavy atom. The molecule has 0 aliphatic carbocycles. The van der Waals surface area contributed by atoms with Gasteiger partial charge in [-0.3, -0.25) is 0 Å². The summed E-state index contributed by atoms with van der Waals surface area (Å²) in [5.74, 6) is -3.25. The zero-order valence-corrected chi connectivity index (χ0v) is 8.96. The third-order valence-corrected chi connectivity index (χ3v) is 2.64. The summed E-state index contributed by atoms with van der Waals surface area (Å²) in [6, 6.07) is 0.354. The molecule has 0 saturated carbocycles. The molecule has 1 aromatic rings. The lowest BCUT2D eigenvalue weighted by molar-refractivity contribution is -0.0979. The minimum Gasteiger partial charge on any atom is -0.376 e. The zero-order chi connectivity index (χ0) is 12.4. The first-order valence-corrected chi connectivity index (χ1v) is 5.19. The highest BCUT2D eigenvalue weighted by molar-refractivity contribution is 5.24. The molecule has 1 heterocycles. The molecule has 0 aromatic heterocycles. The van der Waals surface area contributed by atoms with E-state index in [1.165, 1.54) is 0 Å². The molecule has 17 heavy (non-hydrogen) atoms. The van der Waals surface area contributed by atoms with Crippen molar-refractivity contribution < 1.29 is 22.6 Å². The molecule has 1 aromatic carbocycles. The lowest BCUT2D eigenvalue weighted by Gasteiger charge is -2.28. The Kier molecular flexibility index (Phi) is 3.66. The van der Waals surface area contributed by atoms with Crippen LogP contribution in [-0.2, 0) is 9.47 Å². The molecule has 0 spiro atoms. The standard InChI is InChI=1S/C11H12F3NO2/c12-7-4-9(14)8(13)3-6(7)11(15)10-5-16-1-2-17-10/h3-4,10-11H,1-2,5,15H2. The molecule has 2 rings (SSSR count). The second-order valence-corrected chi connectivity index (χ2v) is 3.80. The topological polar surface area (TPSA) is 44.5 Å². The molecule has 0 bridgehead atoms. The van der Waals surface area contributed by atoms with E-state index in [4.69, 9.17) is 15.2 Å². The fourth-order valence-corrected chi connectivity index (χ4v) is 1.71. The number of rotatable bonds is 2. The van der Waals surface area contributed by atoms with Crippen molar-refractivity contribution in [3.8, 4) is 0 Å². The van der Waals surface area contributed by atoms with Gasteiger partial charge in [0.1, 0.15) is 11.9 Å². The number of hydrogen-bond donors (Lipinski definition) is 1. The Labute approximate surface area is 96.3 Å². The number of hydrogen-bond acceptors (Lipinski definition) is 3. The van der Waals surface area contributed by atoms with Gasteiger partial charge in [0.15, 0.2) is 11.6 Å². The van der Waals surface area contributed by atoms with Crippen molar-refractivity contribution in [1.29, 1.82) is 0 Å². The Hall–Kier alpha value is -1.11. The molecule has 94 valence electrons. The summed E-state index contributed by atoms with van der Waals surface area (Å²) in [6.45, 7) is 1.01. The zero-order valence-electron chi connectivity index (χ0n) is 8.96. The van der Waals surface area contributed by atoms with Crippen LogP contribution in [0.2, 0.25) is 0 Å². The Morgan fingerprint density at radius 1 is 1.12 bits per heavy atom. The predicted octanol–water partition coefficient (Wildman–Crippen LogP) is 1.52. The van der Waals surface area contributed by atoms with E-state index in [9.17, 15) is 13.2 Å². The van der Waals surface area contributed by atoms with Gasteiger partial charge in [0, 0.05) is 11.6 Å². The van der Waals surface area contributed by atoms with Crippen molar-refractivity contribution >= 4 is 0 Å². The van der Waals surface area contributed by atoms with Crippen LogP contribution in [0.3, 0.4) is 0 Å². The van der Waals surface area contributed by atoms with Crippen LogP contribution in [0.15, 0.2) is 12.1 Å². The molecule has 0 radical (unpaired) electrons. The van der Waals surface area contributed by atoms with Crippen molar-refractivity contribution in [3.05, 3.63) is 35.1 Å². The maximum absolute atomic E-state index is 13.5. The van der Waals surface area contributed by atoms with E-state index in [0.717, 1.165) is 6.07 Å². The van der Waals surface area contributed by atoms with Crippen LogP contribution in [0.25, 0.3) is 0 Å². The number of halogens is 3. The summed E-state index contributed by atoms with van der Waals surface area (Å²) in [5, 5.41) is 0. The van der Waals surface area contributed by atoms with Gasteiger partial charge in [0.25, 0.3) is 0 Å². The molecular formula is C11H12F3NO2. The van der Waals surface area contributed by atoms with Gasteiger partial charge >= 0.3 is 0 Å². The molecule has 3 nitrogen and oxygen atoms in total. The molecule has 1 saturated heterocycles. The highest BCUT2D eigenvalue weighted by atomic mass is 19.2. The van der Waals surface area contributed by atoms with Crippen LogP contribution in [0, 0.1) is 17.5 Å². The van der Waals surface area contributed by atoms with Crippen molar-refractivity contribution in [3.63, 3.8) is 0 Å². The summed E-state index contributed by atoms with van der Waals surface area (Å²) in [6.07, 6.45) is -0.553. The van der Waals surface area contributed by atoms with Crippen LogP contribution in [0.5, 0.6) is 0 Å². The molecule has 1 fully saturated rings. The average molecular weight is 247 g/mol. The fraction of sp³-hybridized carbons (Fsp3) is 0.455. The monoisotopic (exact) mass is 247 g/mol. The first kappa shape index (κ1) is 12.3. The molecule has 2 atom stereocenters. The molecule has 1 aliphatic rings. The Bertz CT molecular complexity index is 408. The SMILES string of the molecule is NC(c1cc(F)c(F)cc1F)C1COCCO1. The van der Waals surface area contributed by atoms with Crippen molar-refractivity contribution in [1.82, 2.24) is 0 Å². The van der Waals surface area contributed by atoms with E-state index in [1.807, 2.05) is 0 Å². The third-order valence-electron chi connectivity index (χ3n) is 2.64. The average Bonchev–Trinajstić information content (AvgIpc) is 2.34. The summed E-state index contributed by atoms with van der Waals surface area (Å²) < 4.78 is 49.6. The molecular weight excluding hydrogens is 235 g/mol. The Morgan fingerprint density at radius 3 is 2.47 bits per heavy atom. The van der Waals surface area contributed by atoms with Crippen LogP contribution < -0.4 is 5.73 Å². The summed E-state index contributed by atoms with van der Waals surface area (Å²) in [4.78, 5) is 0. The van der Waals surface area contributed by atoms with E-state index in [-0.39, 0.29) is 12.2 Å². The van der Waals surface area contributed by atoms with E-state index in [0.29, 0.717) is 19.3 Å². The summed E-state index contributed by atoms with van der Waals surface area (Å²) >= 11 is 0. The summed E-state index contributed by atoms with van der Waals surface area (Å²) in [7, 11) is 0. The molecule has 2 N–H and O–H groups in total. The van der Waals surface area contributed by atoms with Crippen LogP contribution in [0.1, 0.15) is 11.6 Å². The molecule has 6 heteroatoms. The minimum atomic E-state index is -1.24. The second kappa shape index (κ2) is 5.03. The maximum atomic E-state index is 13.5. The van der Waals surface area contributed by atoms with E-state index in [2.05, 4.69) is 0 Å². The Balaban J connectivity index is 2.23. The third kappa shape index (κ3) is 2.59. The first-order chi connectivity index (χ1) is 8.09. The number of nitrogens with two attached hydrogens (primary N) is 1. The summed E-state index contributed by atoms with van der Waals surface area (Å²) in [5.41, 5.74) is 5.64. The lowest BCUT2D eigenvalue weighted by atomic mass is 10.0. The van der Waals surface area contributed by atoms with Crippen molar-refractivity contribution in [2.45, 2.75) is 12.1 Å². The van der Waals surface area contributed by atoms with Crippen LogP contribution in [-0.4, -0.2) is 25.9 Å². The smallest absolute Gasteiger partial charge is 0.161 e. The van der Waals surface area contributed by atoms with Gasteiger partial charge in [-0.05, 0) is 6.07 Å². The van der Waals surface area contributed by atoms with E-state index < -0.39 is 29.6 Å². The number of benzene rings is 1. The van der Waals surface area contributed by atoms with Crippen molar-refractivity contribution in [2.24, 2.45) is 5.73 Å². The highest BCUT2D eigenvalue weighted by Gasteiger charge is 2.26. The van der Waals surface area contributed by atoms with Crippen LogP contribution in [0.4, 0.5) is 13.2 Å². The largest absolute Gasteiger partial charge is 0.376 e. The predicted molar refractivity (Wildman–Crippen MR) is 53.8 cm³/mol. The van der Waals surface area contributed by atoms with Gasteiger partial charge in [-0.1, -0.05) is 0 Å². The lowest BCUT2D eigenvalue weighted by Crippen LogP contribution is -2.38. The van der Waals surface area contributed by atoms with Gasteiger partial charge in [-0.2, -0.15) is 0 Å². The van der Waals surface area contributed by atoms with Gasteiger partial charge in [-0.15, -0.1) is 0 Å².